The van der Waals surface area contributed by atoms with Crippen molar-refractivity contribution in [3.05, 3.63) is 92.9 Å². The van der Waals surface area contributed by atoms with Crippen LogP contribution in [0, 0.1) is 6.92 Å². The number of hydrogen-bond donors (Lipinski definition) is 1. The summed E-state index contributed by atoms with van der Waals surface area (Å²) in [6, 6.07) is 16.9. The van der Waals surface area contributed by atoms with Crippen molar-refractivity contribution in [1.29, 1.82) is 0 Å². The summed E-state index contributed by atoms with van der Waals surface area (Å²) in [5.41, 5.74) is 1.82. The summed E-state index contributed by atoms with van der Waals surface area (Å²) in [6.07, 6.45) is 4.20. The zero-order valence-corrected chi connectivity index (χ0v) is 26.6. The van der Waals surface area contributed by atoms with Gasteiger partial charge in [-0.15, -0.1) is 0 Å². The summed E-state index contributed by atoms with van der Waals surface area (Å²) < 4.78 is 28.9. The molecule has 0 aromatic heterocycles. The van der Waals surface area contributed by atoms with Crippen molar-refractivity contribution in [2.24, 2.45) is 0 Å². The summed E-state index contributed by atoms with van der Waals surface area (Å²) >= 11 is 18.5. The van der Waals surface area contributed by atoms with Gasteiger partial charge >= 0.3 is 0 Å². The highest BCUT2D eigenvalue weighted by molar-refractivity contribution is 7.92. The second kappa shape index (κ2) is 14.1. The van der Waals surface area contributed by atoms with Gasteiger partial charge in [-0.2, -0.15) is 0 Å². The molecule has 7 nitrogen and oxygen atoms in total. The van der Waals surface area contributed by atoms with Crippen molar-refractivity contribution in [2.45, 2.75) is 69.5 Å². The molecule has 3 aromatic rings. The third kappa shape index (κ3) is 7.78. The lowest BCUT2D eigenvalue weighted by atomic mass is 10.1. The smallest absolute Gasteiger partial charge is 0.264 e. The normalized spacial score (nSPS) is 14.4. The van der Waals surface area contributed by atoms with E-state index in [4.69, 9.17) is 34.8 Å². The number of hydrogen-bond acceptors (Lipinski definition) is 4. The van der Waals surface area contributed by atoms with Crippen LogP contribution in [0.4, 0.5) is 5.69 Å². The number of benzene rings is 3. The Kier molecular flexibility index (Phi) is 10.8. The quantitative estimate of drug-likeness (QED) is 0.242. The molecular weight excluding hydrogens is 617 g/mol. The van der Waals surface area contributed by atoms with Crippen LogP contribution in [-0.4, -0.2) is 43.8 Å². The van der Waals surface area contributed by atoms with Gasteiger partial charge < -0.3 is 10.2 Å². The number of carbonyl (C=O) groups excluding carboxylic acids is 2. The predicted octanol–water partition coefficient (Wildman–Crippen LogP) is 7.02. The van der Waals surface area contributed by atoms with Crippen molar-refractivity contribution in [3.63, 3.8) is 0 Å². The third-order valence-electron chi connectivity index (χ3n) is 7.43. The van der Waals surface area contributed by atoms with E-state index in [0.29, 0.717) is 27.1 Å². The molecule has 4 rings (SSSR count). The molecule has 1 N–H and O–H groups in total. The Bertz CT molecular complexity index is 1510. The first-order chi connectivity index (χ1) is 20.0. The highest BCUT2D eigenvalue weighted by Gasteiger charge is 2.34. The van der Waals surface area contributed by atoms with Gasteiger partial charge in [-0.25, -0.2) is 8.42 Å². The topological polar surface area (TPSA) is 86.8 Å². The van der Waals surface area contributed by atoms with Crippen molar-refractivity contribution < 1.29 is 18.0 Å². The predicted molar refractivity (Wildman–Crippen MR) is 169 cm³/mol. The number of nitrogens with zero attached hydrogens (tertiary/aromatic N) is 2. The fourth-order valence-electron chi connectivity index (χ4n) is 5.10. The fourth-order valence-corrected chi connectivity index (χ4v) is 6.96. The minimum atomic E-state index is -4.17. The molecule has 1 unspecified atom stereocenters. The van der Waals surface area contributed by atoms with Gasteiger partial charge in [-0.1, -0.05) is 78.3 Å². The molecule has 1 atom stereocenters. The zero-order chi connectivity index (χ0) is 30.4. The summed E-state index contributed by atoms with van der Waals surface area (Å²) in [5, 5.41) is 4.20. The molecule has 42 heavy (non-hydrogen) atoms. The molecule has 224 valence electrons. The third-order valence-corrected chi connectivity index (χ3v) is 10.2. The largest absolute Gasteiger partial charge is 0.352 e. The summed E-state index contributed by atoms with van der Waals surface area (Å²) in [7, 11) is -4.17. The molecule has 0 radical (unpaired) electrons. The molecule has 0 spiro atoms. The first-order valence-corrected chi connectivity index (χ1v) is 16.5. The molecule has 0 heterocycles. The van der Waals surface area contributed by atoms with Crippen LogP contribution in [0.15, 0.2) is 71.6 Å². The molecule has 1 fully saturated rings. The zero-order valence-electron chi connectivity index (χ0n) is 23.5. The molecular formula is C31H34Cl3N3O4S. The van der Waals surface area contributed by atoms with Crippen molar-refractivity contribution in [1.82, 2.24) is 10.2 Å². The standard InChI is InChI=1S/C31H34Cl3N3O4S/c1-3-29(31(39)35-24-6-4-5-7-24)36(19-22-10-17-27(33)28(34)18-22)30(38)20-37(25-13-11-23(32)12-14-25)42(40,41)26-15-8-21(2)9-16-26/h8-18,24,29H,3-7,19-20H2,1-2H3,(H,35,39). The van der Waals surface area contributed by atoms with Crippen LogP contribution in [0.25, 0.3) is 0 Å². The summed E-state index contributed by atoms with van der Waals surface area (Å²) in [6.45, 7) is 3.19. The van der Waals surface area contributed by atoms with Crippen molar-refractivity contribution >= 4 is 62.3 Å². The Balaban J connectivity index is 1.72. The summed E-state index contributed by atoms with van der Waals surface area (Å²) in [4.78, 5) is 29.2. The van der Waals surface area contributed by atoms with Gasteiger partial charge in [-0.3, -0.25) is 13.9 Å². The van der Waals surface area contributed by atoms with Crippen LogP contribution in [0.3, 0.4) is 0 Å². The second-order valence-electron chi connectivity index (χ2n) is 10.5. The monoisotopic (exact) mass is 649 g/mol. The van der Waals surface area contributed by atoms with Gasteiger partial charge in [0.05, 0.1) is 20.6 Å². The number of anilines is 1. The average Bonchev–Trinajstić information content (AvgIpc) is 3.47. The molecule has 3 aromatic carbocycles. The second-order valence-corrected chi connectivity index (χ2v) is 13.6. The fraction of sp³-hybridized carbons (Fsp3) is 0.355. The van der Waals surface area contributed by atoms with E-state index in [1.54, 1.807) is 54.6 Å². The molecule has 0 bridgehead atoms. The molecule has 11 heteroatoms. The minimum absolute atomic E-state index is 0.0331. The number of rotatable bonds is 11. The van der Waals surface area contributed by atoms with E-state index in [-0.39, 0.29) is 29.1 Å². The molecule has 0 aliphatic heterocycles. The lowest BCUT2D eigenvalue weighted by Gasteiger charge is -2.34. The molecule has 2 amide bonds. The van der Waals surface area contributed by atoms with E-state index in [0.717, 1.165) is 35.6 Å². The lowest BCUT2D eigenvalue weighted by molar-refractivity contribution is -0.140. The van der Waals surface area contributed by atoms with Crippen molar-refractivity contribution in [2.75, 3.05) is 10.8 Å². The maximum atomic E-state index is 14.2. The highest BCUT2D eigenvalue weighted by atomic mass is 35.5. The van der Waals surface area contributed by atoms with Crippen molar-refractivity contribution in [3.8, 4) is 0 Å². The van der Waals surface area contributed by atoms with Crippen LogP contribution >= 0.6 is 34.8 Å². The first kappa shape index (κ1) is 32.1. The van der Waals surface area contributed by atoms with E-state index >= 15 is 0 Å². The maximum absolute atomic E-state index is 14.2. The van der Waals surface area contributed by atoms with Crippen LogP contribution in [0.2, 0.25) is 15.1 Å². The van der Waals surface area contributed by atoms with E-state index in [2.05, 4.69) is 5.32 Å². The van der Waals surface area contributed by atoms with Crippen LogP contribution in [-0.2, 0) is 26.2 Å². The Morgan fingerprint density at radius 3 is 2.17 bits per heavy atom. The number of aryl methyl sites for hydroxylation is 1. The summed E-state index contributed by atoms with van der Waals surface area (Å²) in [5.74, 6) is -0.808. The number of amides is 2. The Hall–Kier alpha value is -2.78. The molecule has 1 aliphatic carbocycles. The number of halogens is 3. The number of sulfonamides is 1. The van der Waals surface area contributed by atoms with E-state index in [1.807, 2.05) is 13.8 Å². The maximum Gasteiger partial charge on any atom is 0.264 e. The van der Waals surface area contributed by atoms with Gasteiger partial charge in [0.15, 0.2) is 0 Å². The van der Waals surface area contributed by atoms with Crippen LogP contribution in [0.1, 0.15) is 50.2 Å². The Morgan fingerprint density at radius 2 is 1.57 bits per heavy atom. The van der Waals surface area contributed by atoms with Crippen LogP contribution < -0.4 is 9.62 Å². The highest BCUT2D eigenvalue weighted by Crippen LogP contribution is 2.28. The van der Waals surface area contributed by atoms with Gasteiger partial charge in [0.25, 0.3) is 10.0 Å². The number of carbonyl (C=O) groups is 2. The Labute approximate surface area is 262 Å². The van der Waals surface area contributed by atoms with Gasteiger partial charge in [0, 0.05) is 17.6 Å². The Morgan fingerprint density at radius 1 is 0.929 bits per heavy atom. The van der Waals surface area contributed by atoms with Gasteiger partial charge in [0.2, 0.25) is 11.8 Å². The van der Waals surface area contributed by atoms with E-state index < -0.39 is 28.5 Å². The van der Waals surface area contributed by atoms with Gasteiger partial charge in [0.1, 0.15) is 12.6 Å². The lowest BCUT2D eigenvalue weighted by Crippen LogP contribution is -2.53. The molecule has 1 saturated carbocycles. The van der Waals surface area contributed by atoms with Crippen LogP contribution in [0.5, 0.6) is 0 Å². The molecule has 1 aliphatic rings. The average molecular weight is 651 g/mol. The van der Waals surface area contributed by atoms with Gasteiger partial charge in [-0.05, 0) is 80.3 Å². The number of nitrogens with one attached hydrogen (secondary N) is 1. The molecule has 0 saturated heterocycles. The minimum Gasteiger partial charge on any atom is -0.352 e. The SMILES string of the molecule is CCC(C(=O)NC1CCCC1)N(Cc1ccc(Cl)c(Cl)c1)C(=O)CN(c1ccc(Cl)cc1)S(=O)(=O)c1ccc(C)cc1. The van der Waals surface area contributed by atoms with E-state index in [1.165, 1.54) is 17.0 Å². The first-order valence-electron chi connectivity index (χ1n) is 13.9. The van der Waals surface area contributed by atoms with E-state index in [9.17, 15) is 18.0 Å².